The van der Waals surface area contributed by atoms with Crippen molar-refractivity contribution in [3.05, 3.63) is 36.4 Å². The lowest BCUT2D eigenvalue weighted by molar-refractivity contribution is -0.116. The molecule has 0 aliphatic heterocycles. The Morgan fingerprint density at radius 1 is 0.821 bits per heavy atom. The summed E-state index contributed by atoms with van der Waals surface area (Å²) in [6, 6.07) is 10.6. The summed E-state index contributed by atoms with van der Waals surface area (Å²) >= 11 is 0. The van der Waals surface area contributed by atoms with E-state index in [0.717, 1.165) is 11.4 Å². The third kappa shape index (κ3) is 5.80. The van der Waals surface area contributed by atoms with E-state index in [2.05, 4.69) is 16.0 Å². The second-order valence-corrected chi connectivity index (χ2v) is 5.90. The number of hydrogen-bond donors (Lipinski definition) is 3. The van der Waals surface area contributed by atoms with Crippen molar-refractivity contribution in [2.24, 2.45) is 0 Å². The molecule has 2 rings (SSSR count). The van der Waals surface area contributed by atoms with Crippen molar-refractivity contribution >= 4 is 28.9 Å². The van der Waals surface area contributed by atoms with Crippen LogP contribution < -0.4 is 30.2 Å². The molecule has 0 saturated heterocycles. The molecule has 0 atom stereocenters. The number of anilines is 3. The Balaban J connectivity index is 1.89. The number of amides is 2. The van der Waals surface area contributed by atoms with Gasteiger partial charge in [-0.3, -0.25) is 9.59 Å². The minimum Gasteiger partial charge on any atom is -0.493 e. The van der Waals surface area contributed by atoms with E-state index >= 15 is 0 Å². The number of carbonyl (C=O) groups excluding carboxylic acids is 2. The van der Waals surface area contributed by atoms with E-state index in [1.165, 1.54) is 28.3 Å². The summed E-state index contributed by atoms with van der Waals surface area (Å²) in [7, 11) is 4.56. The van der Waals surface area contributed by atoms with Crippen LogP contribution in [0.5, 0.6) is 17.2 Å². The number of benzene rings is 2. The van der Waals surface area contributed by atoms with Crippen LogP contribution in [-0.4, -0.2) is 39.7 Å². The SMILES string of the molecule is COc1cc(NC(=O)CCNc2ccc(NC(C)=O)cc2)cc(OC)c1OC. The number of hydrogen-bond acceptors (Lipinski definition) is 6. The van der Waals surface area contributed by atoms with Gasteiger partial charge in [-0.1, -0.05) is 0 Å². The lowest BCUT2D eigenvalue weighted by Crippen LogP contribution is -2.16. The predicted octanol–water partition coefficient (Wildman–Crippen LogP) is 3.11. The zero-order valence-electron chi connectivity index (χ0n) is 16.4. The van der Waals surface area contributed by atoms with Gasteiger partial charge in [-0.15, -0.1) is 0 Å². The lowest BCUT2D eigenvalue weighted by Gasteiger charge is -2.14. The Morgan fingerprint density at radius 3 is 1.89 bits per heavy atom. The maximum Gasteiger partial charge on any atom is 0.226 e. The van der Waals surface area contributed by atoms with Gasteiger partial charge in [0, 0.05) is 49.1 Å². The van der Waals surface area contributed by atoms with Gasteiger partial charge in [0.2, 0.25) is 17.6 Å². The van der Waals surface area contributed by atoms with Crippen LogP contribution in [0.3, 0.4) is 0 Å². The van der Waals surface area contributed by atoms with Crippen molar-refractivity contribution in [1.82, 2.24) is 0 Å². The molecule has 0 aliphatic rings. The molecular formula is C20H25N3O5. The summed E-state index contributed by atoms with van der Waals surface area (Å²) in [5, 5.41) is 8.68. The highest BCUT2D eigenvalue weighted by molar-refractivity contribution is 5.92. The minimum atomic E-state index is -0.156. The van der Waals surface area contributed by atoms with Crippen molar-refractivity contribution in [1.29, 1.82) is 0 Å². The second-order valence-electron chi connectivity index (χ2n) is 5.90. The quantitative estimate of drug-likeness (QED) is 0.612. The van der Waals surface area contributed by atoms with Crippen LogP contribution >= 0.6 is 0 Å². The number of ether oxygens (including phenoxy) is 3. The molecule has 2 aromatic carbocycles. The highest BCUT2D eigenvalue weighted by atomic mass is 16.5. The van der Waals surface area contributed by atoms with Crippen molar-refractivity contribution in [2.45, 2.75) is 13.3 Å². The van der Waals surface area contributed by atoms with E-state index in [9.17, 15) is 9.59 Å². The maximum absolute atomic E-state index is 12.2. The Morgan fingerprint density at radius 2 is 1.39 bits per heavy atom. The Labute approximate surface area is 164 Å². The van der Waals surface area contributed by atoms with Crippen molar-refractivity contribution in [3.63, 3.8) is 0 Å². The van der Waals surface area contributed by atoms with Crippen LogP contribution in [0.4, 0.5) is 17.1 Å². The molecule has 8 heteroatoms. The molecule has 0 aromatic heterocycles. The summed E-state index contributed by atoms with van der Waals surface area (Å²) in [6.45, 7) is 1.91. The molecule has 28 heavy (non-hydrogen) atoms. The molecule has 0 saturated carbocycles. The molecule has 0 fully saturated rings. The summed E-state index contributed by atoms with van der Waals surface area (Å²) < 4.78 is 15.8. The molecule has 2 amide bonds. The summed E-state index contributed by atoms with van der Waals surface area (Å²) in [6.07, 6.45) is 0.268. The second kappa shape index (κ2) is 10.1. The number of methoxy groups -OCH3 is 3. The topological polar surface area (TPSA) is 97.9 Å². The molecule has 0 unspecified atom stereocenters. The third-order valence-corrected chi connectivity index (χ3v) is 3.83. The predicted molar refractivity (Wildman–Crippen MR) is 109 cm³/mol. The molecular weight excluding hydrogens is 362 g/mol. The van der Waals surface area contributed by atoms with Gasteiger partial charge in [-0.25, -0.2) is 0 Å². The molecule has 0 aliphatic carbocycles. The van der Waals surface area contributed by atoms with E-state index in [1.54, 1.807) is 24.3 Å². The highest BCUT2D eigenvalue weighted by Gasteiger charge is 2.14. The van der Waals surface area contributed by atoms with Crippen LogP contribution in [-0.2, 0) is 9.59 Å². The van der Waals surface area contributed by atoms with E-state index < -0.39 is 0 Å². The van der Waals surface area contributed by atoms with E-state index in [0.29, 0.717) is 29.5 Å². The standard InChI is InChI=1S/C20H25N3O5/c1-13(24)22-15-7-5-14(6-8-15)21-10-9-19(25)23-16-11-17(26-2)20(28-4)18(12-16)27-3/h5-8,11-12,21H,9-10H2,1-4H3,(H,22,24)(H,23,25). The van der Waals surface area contributed by atoms with E-state index in [1.807, 2.05) is 12.1 Å². The Hall–Kier alpha value is -3.42. The largest absolute Gasteiger partial charge is 0.493 e. The van der Waals surface area contributed by atoms with Gasteiger partial charge >= 0.3 is 0 Å². The summed E-state index contributed by atoms with van der Waals surface area (Å²) in [5.74, 6) is 1.12. The first-order valence-electron chi connectivity index (χ1n) is 8.68. The molecule has 8 nitrogen and oxygen atoms in total. The first kappa shape index (κ1) is 20.9. The average molecular weight is 387 g/mol. The minimum absolute atomic E-state index is 0.121. The van der Waals surface area contributed by atoms with Crippen LogP contribution in [0.25, 0.3) is 0 Å². The van der Waals surface area contributed by atoms with E-state index in [-0.39, 0.29) is 18.2 Å². The van der Waals surface area contributed by atoms with Crippen LogP contribution in [0.1, 0.15) is 13.3 Å². The normalized spacial score (nSPS) is 10.0. The zero-order valence-corrected chi connectivity index (χ0v) is 16.4. The first-order chi connectivity index (χ1) is 13.5. The Kier molecular flexibility index (Phi) is 7.50. The van der Waals surface area contributed by atoms with Crippen LogP contribution in [0.2, 0.25) is 0 Å². The van der Waals surface area contributed by atoms with Crippen LogP contribution in [0, 0.1) is 0 Å². The highest BCUT2D eigenvalue weighted by Crippen LogP contribution is 2.39. The van der Waals surface area contributed by atoms with Gasteiger partial charge in [0.1, 0.15) is 0 Å². The van der Waals surface area contributed by atoms with E-state index in [4.69, 9.17) is 14.2 Å². The summed E-state index contributed by atoms with van der Waals surface area (Å²) in [5.41, 5.74) is 2.13. The van der Waals surface area contributed by atoms with Crippen molar-refractivity contribution in [2.75, 3.05) is 43.8 Å². The summed E-state index contributed by atoms with van der Waals surface area (Å²) in [4.78, 5) is 23.2. The smallest absolute Gasteiger partial charge is 0.226 e. The number of nitrogens with one attached hydrogen (secondary N) is 3. The molecule has 0 heterocycles. The molecule has 150 valence electrons. The fourth-order valence-electron chi connectivity index (χ4n) is 2.57. The molecule has 0 spiro atoms. The lowest BCUT2D eigenvalue weighted by atomic mass is 10.2. The molecule has 0 radical (unpaired) electrons. The van der Waals surface area contributed by atoms with Gasteiger partial charge in [0.05, 0.1) is 21.3 Å². The van der Waals surface area contributed by atoms with Crippen molar-refractivity contribution < 1.29 is 23.8 Å². The van der Waals surface area contributed by atoms with Gasteiger partial charge in [0.15, 0.2) is 11.5 Å². The van der Waals surface area contributed by atoms with Gasteiger partial charge in [-0.2, -0.15) is 0 Å². The van der Waals surface area contributed by atoms with Crippen molar-refractivity contribution in [3.8, 4) is 17.2 Å². The molecule has 2 aromatic rings. The van der Waals surface area contributed by atoms with Gasteiger partial charge in [0.25, 0.3) is 0 Å². The molecule has 3 N–H and O–H groups in total. The fourth-order valence-corrected chi connectivity index (χ4v) is 2.57. The number of carbonyl (C=O) groups is 2. The average Bonchev–Trinajstić information content (AvgIpc) is 2.68. The number of rotatable bonds is 9. The Bertz CT molecular complexity index is 796. The monoisotopic (exact) mass is 387 g/mol. The van der Waals surface area contributed by atoms with Gasteiger partial charge in [-0.05, 0) is 24.3 Å². The van der Waals surface area contributed by atoms with Gasteiger partial charge < -0.3 is 30.2 Å². The molecule has 0 bridgehead atoms. The third-order valence-electron chi connectivity index (χ3n) is 3.83. The van der Waals surface area contributed by atoms with Crippen LogP contribution in [0.15, 0.2) is 36.4 Å². The first-order valence-corrected chi connectivity index (χ1v) is 8.68. The fraction of sp³-hybridized carbons (Fsp3) is 0.300. The zero-order chi connectivity index (χ0) is 20.5. The maximum atomic E-state index is 12.2.